The quantitative estimate of drug-likeness (QED) is 0.696. The third-order valence-electron chi connectivity index (χ3n) is 3.01. The van der Waals surface area contributed by atoms with Gasteiger partial charge in [0.05, 0.1) is 0 Å². The number of aryl methyl sites for hydroxylation is 1. The van der Waals surface area contributed by atoms with Crippen LogP contribution in [0.15, 0.2) is 41.8 Å². The second-order valence-corrected chi connectivity index (χ2v) is 5.51. The minimum Gasteiger partial charge on any atom is -0.294 e. The summed E-state index contributed by atoms with van der Waals surface area (Å²) < 4.78 is 0. The predicted molar refractivity (Wildman–Crippen MR) is 77.4 cm³/mol. The van der Waals surface area contributed by atoms with Gasteiger partial charge in [0.1, 0.15) is 0 Å². The number of rotatable bonds is 6. The van der Waals surface area contributed by atoms with E-state index in [0.29, 0.717) is 6.42 Å². The molecule has 1 aromatic carbocycles. The van der Waals surface area contributed by atoms with Gasteiger partial charge in [0.25, 0.3) is 0 Å². The summed E-state index contributed by atoms with van der Waals surface area (Å²) in [6, 6.07) is 12.1. The third kappa shape index (κ3) is 3.54. The molecule has 0 aliphatic rings. The van der Waals surface area contributed by atoms with Crippen LogP contribution in [0.25, 0.3) is 0 Å². The van der Waals surface area contributed by atoms with E-state index in [1.165, 1.54) is 18.4 Å². The molecule has 0 fully saturated rings. The molecule has 94 valence electrons. The first-order valence-electron chi connectivity index (χ1n) is 6.44. The standard InChI is InChI=1S/C16H18OS/c1-2-3-5-13-7-9-14(10-8-13)16(17)12-15-6-4-11-18-15/h4,6-11H,2-3,5,12H2,1H3. The Balaban J connectivity index is 1.98. The average molecular weight is 258 g/mol. The summed E-state index contributed by atoms with van der Waals surface area (Å²) >= 11 is 1.64. The lowest BCUT2D eigenvalue weighted by Gasteiger charge is -2.02. The van der Waals surface area contributed by atoms with Gasteiger partial charge < -0.3 is 0 Å². The van der Waals surface area contributed by atoms with Gasteiger partial charge in [-0.3, -0.25) is 4.79 Å². The van der Waals surface area contributed by atoms with Crippen LogP contribution in [0, 0.1) is 0 Å². The minimum absolute atomic E-state index is 0.208. The van der Waals surface area contributed by atoms with Crippen LogP contribution in [0.4, 0.5) is 0 Å². The minimum atomic E-state index is 0.208. The fourth-order valence-corrected chi connectivity index (χ4v) is 2.62. The van der Waals surface area contributed by atoms with Crippen LogP contribution in [0.3, 0.4) is 0 Å². The van der Waals surface area contributed by atoms with Gasteiger partial charge >= 0.3 is 0 Å². The Morgan fingerprint density at radius 1 is 1.17 bits per heavy atom. The number of carbonyl (C=O) groups is 1. The zero-order valence-corrected chi connectivity index (χ0v) is 11.5. The van der Waals surface area contributed by atoms with E-state index >= 15 is 0 Å². The van der Waals surface area contributed by atoms with Gasteiger partial charge in [-0.2, -0.15) is 0 Å². The summed E-state index contributed by atoms with van der Waals surface area (Å²) in [6.45, 7) is 2.19. The highest BCUT2D eigenvalue weighted by atomic mass is 32.1. The van der Waals surface area contributed by atoms with Gasteiger partial charge in [0.15, 0.2) is 5.78 Å². The van der Waals surface area contributed by atoms with Crippen LogP contribution in [0.1, 0.15) is 40.6 Å². The normalized spacial score (nSPS) is 10.5. The van der Waals surface area contributed by atoms with Crippen LogP contribution in [-0.4, -0.2) is 5.78 Å². The molecule has 0 radical (unpaired) electrons. The SMILES string of the molecule is CCCCc1ccc(C(=O)Cc2cccs2)cc1. The van der Waals surface area contributed by atoms with Gasteiger partial charge in [-0.15, -0.1) is 11.3 Å². The second kappa shape index (κ2) is 6.50. The topological polar surface area (TPSA) is 17.1 Å². The average Bonchev–Trinajstić information content (AvgIpc) is 2.89. The van der Waals surface area contributed by atoms with E-state index in [-0.39, 0.29) is 5.78 Å². The summed E-state index contributed by atoms with van der Waals surface area (Å²) in [7, 11) is 0. The van der Waals surface area contributed by atoms with E-state index < -0.39 is 0 Å². The van der Waals surface area contributed by atoms with Gasteiger partial charge in [0.2, 0.25) is 0 Å². The molecule has 0 saturated heterocycles. The van der Waals surface area contributed by atoms with E-state index in [0.717, 1.165) is 16.9 Å². The fourth-order valence-electron chi connectivity index (χ4n) is 1.91. The van der Waals surface area contributed by atoms with E-state index in [9.17, 15) is 4.79 Å². The zero-order chi connectivity index (χ0) is 12.8. The Bertz CT molecular complexity index is 482. The molecule has 0 aliphatic carbocycles. The molecule has 0 bridgehead atoms. The fraction of sp³-hybridized carbons (Fsp3) is 0.312. The lowest BCUT2D eigenvalue weighted by molar-refractivity contribution is 0.0994. The van der Waals surface area contributed by atoms with Crippen molar-refractivity contribution in [2.24, 2.45) is 0 Å². The number of carbonyl (C=O) groups excluding carboxylic acids is 1. The maximum absolute atomic E-state index is 12.0. The third-order valence-corrected chi connectivity index (χ3v) is 3.89. The Morgan fingerprint density at radius 2 is 1.94 bits per heavy atom. The van der Waals surface area contributed by atoms with E-state index in [4.69, 9.17) is 0 Å². The molecular weight excluding hydrogens is 240 g/mol. The van der Waals surface area contributed by atoms with E-state index in [1.54, 1.807) is 11.3 Å². The molecule has 0 atom stereocenters. The Morgan fingerprint density at radius 3 is 2.56 bits per heavy atom. The number of benzene rings is 1. The second-order valence-electron chi connectivity index (χ2n) is 4.48. The van der Waals surface area contributed by atoms with Crippen molar-refractivity contribution in [2.45, 2.75) is 32.6 Å². The van der Waals surface area contributed by atoms with E-state index in [2.05, 4.69) is 19.1 Å². The van der Waals surface area contributed by atoms with Gasteiger partial charge in [0, 0.05) is 16.9 Å². The number of hydrogen-bond acceptors (Lipinski definition) is 2. The first kappa shape index (κ1) is 13.0. The molecule has 0 N–H and O–H groups in total. The lowest BCUT2D eigenvalue weighted by Crippen LogP contribution is -2.02. The van der Waals surface area contributed by atoms with Crippen LogP contribution in [-0.2, 0) is 12.8 Å². The van der Waals surface area contributed by atoms with Crippen molar-refractivity contribution in [2.75, 3.05) is 0 Å². The molecule has 0 spiro atoms. The molecule has 0 aliphatic heterocycles. The first-order chi connectivity index (χ1) is 8.79. The van der Waals surface area contributed by atoms with Crippen molar-refractivity contribution >= 4 is 17.1 Å². The molecule has 1 nitrogen and oxygen atoms in total. The largest absolute Gasteiger partial charge is 0.294 e. The summed E-state index contributed by atoms with van der Waals surface area (Å²) in [6.07, 6.45) is 4.05. The van der Waals surface area contributed by atoms with Crippen molar-refractivity contribution in [1.29, 1.82) is 0 Å². The summed E-state index contributed by atoms with van der Waals surface area (Å²) in [5.41, 5.74) is 2.15. The molecule has 2 rings (SSSR count). The van der Waals surface area contributed by atoms with Crippen molar-refractivity contribution in [1.82, 2.24) is 0 Å². The molecule has 0 amide bonds. The highest BCUT2D eigenvalue weighted by Crippen LogP contribution is 2.14. The molecule has 0 unspecified atom stereocenters. The summed E-state index contributed by atoms with van der Waals surface area (Å²) in [4.78, 5) is 13.2. The number of Topliss-reactive ketones (excluding diaryl/α,β-unsaturated/α-hetero) is 1. The van der Waals surface area contributed by atoms with Crippen molar-refractivity contribution in [3.05, 3.63) is 57.8 Å². The van der Waals surface area contributed by atoms with Gasteiger partial charge in [-0.25, -0.2) is 0 Å². The van der Waals surface area contributed by atoms with Crippen molar-refractivity contribution < 1.29 is 4.79 Å². The highest BCUT2D eigenvalue weighted by Gasteiger charge is 2.07. The van der Waals surface area contributed by atoms with Crippen LogP contribution >= 0.6 is 11.3 Å². The maximum atomic E-state index is 12.0. The summed E-state index contributed by atoms with van der Waals surface area (Å²) in [5, 5.41) is 2.01. The lowest BCUT2D eigenvalue weighted by atomic mass is 10.0. The number of thiophene rings is 1. The van der Waals surface area contributed by atoms with E-state index in [1.807, 2.05) is 29.6 Å². The Labute approximate surface area is 112 Å². The number of hydrogen-bond donors (Lipinski definition) is 0. The molecule has 0 saturated carbocycles. The van der Waals surface area contributed by atoms with Crippen LogP contribution < -0.4 is 0 Å². The Kier molecular flexibility index (Phi) is 4.71. The van der Waals surface area contributed by atoms with Crippen molar-refractivity contribution in [3.63, 3.8) is 0 Å². The molecule has 1 aromatic heterocycles. The highest BCUT2D eigenvalue weighted by molar-refractivity contribution is 7.10. The molecule has 2 heteroatoms. The Hall–Kier alpha value is -1.41. The van der Waals surface area contributed by atoms with Crippen LogP contribution in [0.5, 0.6) is 0 Å². The summed E-state index contributed by atoms with van der Waals surface area (Å²) in [5.74, 6) is 0.208. The van der Waals surface area contributed by atoms with Gasteiger partial charge in [-0.1, -0.05) is 43.7 Å². The monoisotopic (exact) mass is 258 g/mol. The smallest absolute Gasteiger partial charge is 0.168 e. The maximum Gasteiger partial charge on any atom is 0.168 e. The van der Waals surface area contributed by atoms with Crippen LogP contribution in [0.2, 0.25) is 0 Å². The predicted octanol–water partition coefficient (Wildman–Crippen LogP) is 4.52. The number of unbranched alkanes of at least 4 members (excludes halogenated alkanes) is 1. The zero-order valence-electron chi connectivity index (χ0n) is 10.7. The molecule has 2 aromatic rings. The van der Waals surface area contributed by atoms with Crippen molar-refractivity contribution in [3.8, 4) is 0 Å². The molecule has 18 heavy (non-hydrogen) atoms. The number of ketones is 1. The molecule has 1 heterocycles. The van der Waals surface area contributed by atoms with Gasteiger partial charge in [-0.05, 0) is 29.9 Å². The molecular formula is C16H18OS. The first-order valence-corrected chi connectivity index (χ1v) is 7.32.